The van der Waals surface area contributed by atoms with Crippen LogP contribution in [0.15, 0.2) is 0 Å². The number of halogens is 1. The van der Waals surface area contributed by atoms with E-state index in [4.69, 9.17) is 11.6 Å². The highest BCUT2D eigenvalue weighted by molar-refractivity contribution is 6.30. The van der Waals surface area contributed by atoms with Gasteiger partial charge in [0.2, 0.25) is 0 Å². The lowest BCUT2D eigenvalue weighted by Crippen LogP contribution is -2.24. The molecule has 0 aliphatic carbocycles. The molecule has 1 aromatic rings. The van der Waals surface area contributed by atoms with Crippen LogP contribution in [-0.4, -0.2) is 41.0 Å². The Labute approximate surface area is 114 Å². The number of nitrogens with one attached hydrogen (secondary N) is 1. The molecule has 0 saturated carbocycles. The van der Waals surface area contributed by atoms with E-state index < -0.39 is 0 Å². The quantitative estimate of drug-likeness (QED) is 0.852. The standard InChI is InChI=1S/C13H21ClN4/c1-4-5-11-16-12(14)9(2)13(17-11)15-10-6-7-18(3)8-10/h10H,4-8H2,1-3H3,(H,15,16,17). The number of hydrogen-bond donors (Lipinski definition) is 1. The normalized spacial score (nSPS) is 20.3. The van der Waals surface area contributed by atoms with Crippen LogP contribution in [0.5, 0.6) is 0 Å². The van der Waals surface area contributed by atoms with Crippen LogP contribution in [0.3, 0.4) is 0 Å². The Balaban J connectivity index is 2.15. The van der Waals surface area contributed by atoms with E-state index in [1.807, 2.05) is 6.92 Å². The fourth-order valence-electron chi connectivity index (χ4n) is 2.25. The van der Waals surface area contributed by atoms with Crippen molar-refractivity contribution in [1.82, 2.24) is 14.9 Å². The minimum Gasteiger partial charge on any atom is -0.366 e. The highest BCUT2D eigenvalue weighted by atomic mass is 35.5. The molecule has 0 bridgehead atoms. The summed E-state index contributed by atoms with van der Waals surface area (Å²) in [7, 11) is 2.14. The molecule has 100 valence electrons. The third kappa shape index (κ3) is 3.12. The van der Waals surface area contributed by atoms with Crippen molar-refractivity contribution in [2.45, 2.75) is 39.2 Å². The molecule has 1 fully saturated rings. The smallest absolute Gasteiger partial charge is 0.137 e. The molecule has 0 spiro atoms. The molecule has 1 aliphatic rings. The molecule has 1 saturated heterocycles. The molecule has 0 radical (unpaired) electrons. The van der Waals surface area contributed by atoms with E-state index in [1.165, 1.54) is 0 Å². The number of likely N-dealkylation sites (N-methyl/N-ethyl adjacent to an activating group) is 1. The van der Waals surface area contributed by atoms with Gasteiger partial charge in [0.1, 0.15) is 16.8 Å². The molecule has 2 rings (SSSR count). The number of hydrogen-bond acceptors (Lipinski definition) is 4. The van der Waals surface area contributed by atoms with Gasteiger partial charge < -0.3 is 10.2 Å². The molecular weight excluding hydrogens is 248 g/mol. The Bertz CT molecular complexity index is 422. The van der Waals surface area contributed by atoms with Crippen LogP contribution in [0.4, 0.5) is 5.82 Å². The molecule has 18 heavy (non-hydrogen) atoms. The summed E-state index contributed by atoms with van der Waals surface area (Å²) in [4.78, 5) is 11.2. The summed E-state index contributed by atoms with van der Waals surface area (Å²) in [6.07, 6.45) is 3.06. The minimum absolute atomic E-state index is 0.467. The van der Waals surface area contributed by atoms with Crippen LogP contribution in [0, 0.1) is 6.92 Å². The first-order valence-electron chi connectivity index (χ1n) is 6.58. The first-order valence-corrected chi connectivity index (χ1v) is 6.96. The van der Waals surface area contributed by atoms with E-state index in [0.717, 1.165) is 49.6 Å². The first-order chi connectivity index (χ1) is 8.60. The van der Waals surface area contributed by atoms with Gasteiger partial charge in [0.25, 0.3) is 0 Å². The summed E-state index contributed by atoms with van der Waals surface area (Å²) in [6, 6.07) is 0.467. The highest BCUT2D eigenvalue weighted by Crippen LogP contribution is 2.22. The van der Waals surface area contributed by atoms with Crippen molar-refractivity contribution in [1.29, 1.82) is 0 Å². The Morgan fingerprint density at radius 2 is 2.22 bits per heavy atom. The molecule has 1 aromatic heterocycles. The second-order valence-corrected chi connectivity index (χ2v) is 5.40. The molecular formula is C13H21ClN4. The lowest BCUT2D eigenvalue weighted by molar-refractivity contribution is 0.414. The lowest BCUT2D eigenvalue weighted by Gasteiger charge is -2.16. The topological polar surface area (TPSA) is 41.1 Å². The average molecular weight is 269 g/mol. The number of aromatic nitrogens is 2. The van der Waals surface area contributed by atoms with E-state index in [0.29, 0.717) is 11.2 Å². The van der Waals surface area contributed by atoms with E-state index in [2.05, 4.69) is 34.2 Å². The van der Waals surface area contributed by atoms with Crippen molar-refractivity contribution >= 4 is 17.4 Å². The van der Waals surface area contributed by atoms with Crippen molar-refractivity contribution in [3.63, 3.8) is 0 Å². The first kappa shape index (κ1) is 13.6. The fraction of sp³-hybridized carbons (Fsp3) is 0.692. The van der Waals surface area contributed by atoms with Crippen LogP contribution in [0.25, 0.3) is 0 Å². The summed E-state index contributed by atoms with van der Waals surface area (Å²) in [5.74, 6) is 1.74. The Morgan fingerprint density at radius 1 is 1.44 bits per heavy atom. The van der Waals surface area contributed by atoms with Crippen molar-refractivity contribution in [3.8, 4) is 0 Å². The monoisotopic (exact) mass is 268 g/mol. The summed E-state index contributed by atoms with van der Waals surface area (Å²) in [5, 5.41) is 4.07. The Morgan fingerprint density at radius 3 is 2.83 bits per heavy atom. The van der Waals surface area contributed by atoms with Gasteiger partial charge in [0.15, 0.2) is 0 Å². The van der Waals surface area contributed by atoms with Gasteiger partial charge in [0, 0.05) is 24.6 Å². The zero-order valence-corrected chi connectivity index (χ0v) is 12.1. The van der Waals surface area contributed by atoms with Gasteiger partial charge in [-0.05, 0) is 33.4 Å². The maximum absolute atomic E-state index is 6.17. The number of likely N-dealkylation sites (tertiary alicyclic amines) is 1. The van der Waals surface area contributed by atoms with Gasteiger partial charge in [-0.1, -0.05) is 18.5 Å². The van der Waals surface area contributed by atoms with Crippen molar-refractivity contribution in [2.24, 2.45) is 0 Å². The van der Waals surface area contributed by atoms with E-state index in [-0.39, 0.29) is 0 Å². The fourth-order valence-corrected chi connectivity index (χ4v) is 2.44. The summed E-state index contributed by atoms with van der Waals surface area (Å²) in [5.41, 5.74) is 0.950. The van der Waals surface area contributed by atoms with E-state index in [9.17, 15) is 0 Å². The van der Waals surface area contributed by atoms with Gasteiger partial charge in [-0.3, -0.25) is 0 Å². The van der Waals surface area contributed by atoms with Crippen LogP contribution >= 0.6 is 11.6 Å². The maximum atomic E-state index is 6.17. The molecule has 1 unspecified atom stereocenters. The molecule has 5 heteroatoms. The zero-order chi connectivity index (χ0) is 13.1. The summed E-state index contributed by atoms with van der Waals surface area (Å²) in [6.45, 7) is 6.29. The molecule has 1 N–H and O–H groups in total. The predicted molar refractivity (Wildman–Crippen MR) is 75.3 cm³/mol. The van der Waals surface area contributed by atoms with Gasteiger partial charge in [0.05, 0.1) is 0 Å². The predicted octanol–water partition coefficient (Wildman–Crippen LogP) is 2.51. The van der Waals surface area contributed by atoms with E-state index >= 15 is 0 Å². The average Bonchev–Trinajstić information content (AvgIpc) is 2.71. The molecule has 0 aromatic carbocycles. The molecule has 1 atom stereocenters. The summed E-state index contributed by atoms with van der Waals surface area (Å²) < 4.78 is 0. The second kappa shape index (κ2) is 5.85. The number of aryl methyl sites for hydroxylation is 1. The van der Waals surface area contributed by atoms with Crippen molar-refractivity contribution < 1.29 is 0 Å². The SMILES string of the molecule is CCCc1nc(Cl)c(C)c(NC2CCN(C)C2)n1. The van der Waals surface area contributed by atoms with Crippen LogP contribution < -0.4 is 5.32 Å². The largest absolute Gasteiger partial charge is 0.366 e. The third-order valence-corrected chi connectivity index (χ3v) is 3.71. The van der Waals surface area contributed by atoms with E-state index in [1.54, 1.807) is 0 Å². The van der Waals surface area contributed by atoms with Gasteiger partial charge >= 0.3 is 0 Å². The van der Waals surface area contributed by atoms with Crippen molar-refractivity contribution in [3.05, 3.63) is 16.5 Å². The van der Waals surface area contributed by atoms with Gasteiger partial charge in [-0.2, -0.15) is 0 Å². The van der Waals surface area contributed by atoms with Crippen molar-refractivity contribution in [2.75, 3.05) is 25.5 Å². The second-order valence-electron chi connectivity index (χ2n) is 5.05. The van der Waals surface area contributed by atoms with Gasteiger partial charge in [-0.25, -0.2) is 9.97 Å². The zero-order valence-electron chi connectivity index (χ0n) is 11.3. The third-order valence-electron chi connectivity index (χ3n) is 3.34. The maximum Gasteiger partial charge on any atom is 0.137 e. The Kier molecular flexibility index (Phi) is 4.40. The Hall–Kier alpha value is -0.870. The van der Waals surface area contributed by atoms with Crippen LogP contribution in [0.2, 0.25) is 5.15 Å². The molecule has 0 amide bonds. The van der Waals surface area contributed by atoms with Gasteiger partial charge in [-0.15, -0.1) is 0 Å². The number of anilines is 1. The molecule has 2 heterocycles. The minimum atomic E-state index is 0.467. The van der Waals surface area contributed by atoms with Crippen LogP contribution in [0.1, 0.15) is 31.2 Å². The van der Waals surface area contributed by atoms with Crippen LogP contribution in [-0.2, 0) is 6.42 Å². The number of nitrogens with zero attached hydrogens (tertiary/aromatic N) is 3. The molecule has 4 nitrogen and oxygen atoms in total. The summed E-state index contributed by atoms with van der Waals surface area (Å²) >= 11 is 6.17. The highest BCUT2D eigenvalue weighted by Gasteiger charge is 2.21. The molecule has 1 aliphatic heterocycles. The lowest BCUT2D eigenvalue weighted by atomic mass is 10.2. The number of rotatable bonds is 4.